The van der Waals surface area contributed by atoms with E-state index in [-0.39, 0.29) is 34.5 Å². The number of nitrogens with zero attached hydrogens (tertiary/aromatic N) is 3. The highest BCUT2D eigenvalue weighted by Gasteiger charge is 2.45. The van der Waals surface area contributed by atoms with Crippen molar-refractivity contribution in [3.05, 3.63) is 72.8 Å². The molecule has 12 nitrogen and oxygen atoms in total. The molecule has 1 heterocycles. The Balaban J connectivity index is 1.89. The van der Waals surface area contributed by atoms with E-state index in [9.17, 15) is 14.7 Å². The van der Waals surface area contributed by atoms with Gasteiger partial charge in [0, 0.05) is 57.5 Å². The van der Waals surface area contributed by atoms with Crippen molar-refractivity contribution in [1.82, 2.24) is 14.0 Å². The van der Waals surface area contributed by atoms with Gasteiger partial charge < -0.3 is 14.7 Å². The maximum absolute atomic E-state index is 14.4. The molecule has 0 amide bonds. The third kappa shape index (κ3) is 8.46. The molecular weight excluding hydrogens is 639 g/mol. The first-order valence-electron chi connectivity index (χ1n) is 15.1. The van der Waals surface area contributed by atoms with Crippen molar-refractivity contribution in [3.63, 3.8) is 0 Å². The molecular formula is C30H42N3O9P3. The molecule has 4 rings (SSSR count). The summed E-state index contributed by atoms with van der Waals surface area (Å²) < 4.78 is 41.1. The third-order valence-corrected chi connectivity index (χ3v) is 13.4. The lowest BCUT2D eigenvalue weighted by molar-refractivity contribution is -0.218. The summed E-state index contributed by atoms with van der Waals surface area (Å²) in [6, 6.07) is 19.0. The zero-order valence-electron chi connectivity index (χ0n) is 26.5. The van der Waals surface area contributed by atoms with Crippen LogP contribution in [0, 0.1) is 0 Å². The molecule has 1 aliphatic rings. The van der Waals surface area contributed by atoms with Gasteiger partial charge in [0.05, 0.1) is 0 Å². The quantitative estimate of drug-likeness (QED) is 0.264. The Morgan fingerprint density at radius 1 is 0.400 bits per heavy atom. The lowest BCUT2D eigenvalue weighted by Crippen LogP contribution is -2.38. The summed E-state index contributed by atoms with van der Waals surface area (Å²) in [7, 11) is -12.1. The Labute approximate surface area is 267 Å². The maximum Gasteiger partial charge on any atom is 0.411 e. The van der Waals surface area contributed by atoms with Crippen molar-refractivity contribution in [1.29, 1.82) is 0 Å². The number of hydrogen-bond donors (Lipinski definition) is 0. The van der Waals surface area contributed by atoms with Crippen LogP contribution in [0.3, 0.4) is 0 Å². The number of benzene rings is 3. The van der Waals surface area contributed by atoms with Crippen LogP contribution >= 0.6 is 24.3 Å². The van der Waals surface area contributed by atoms with Crippen LogP contribution in [-0.2, 0) is 0 Å². The molecule has 0 spiro atoms. The minimum Gasteiger partial charge on any atom is -0.601 e. The molecule has 0 saturated carbocycles. The van der Waals surface area contributed by atoms with Crippen LogP contribution < -0.4 is 41.8 Å². The SMILES string of the molecule is CCN(CC)[P+]1([O-])Oc2cccc(c2)O[P+]([O-])(N(CC)CC)Oc2cccc(c2)O[P+]([O-])(N(CC)CC)Oc2cccc(c2)O1. The monoisotopic (exact) mass is 681 g/mol. The van der Waals surface area contributed by atoms with Crippen molar-refractivity contribution < 1.29 is 41.8 Å². The fourth-order valence-corrected chi connectivity index (χ4v) is 9.84. The van der Waals surface area contributed by atoms with Gasteiger partial charge in [-0.15, -0.1) is 14.0 Å². The fourth-order valence-electron chi connectivity index (χ4n) is 4.67. The normalized spacial score (nSPS) is 23.5. The van der Waals surface area contributed by atoms with E-state index in [0.29, 0.717) is 39.3 Å². The molecule has 3 aromatic rings. The number of rotatable bonds is 9. The molecule has 0 aromatic heterocycles. The van der Waals surface area contributed by atoms with Crippen LogP contribution in [0.1, 0.15) is 41.5 Å². The second-order valence-corrected chi connectivity index (χ2v) is 15.4. The minimum absolute atomic E-state index is 0.170. The Morgan fingerprint density at radius 2 is 0.578 bits per heavy atom. The summed E-state index contributed by atoms with van der Waals surface area (Å²) in [6.45, 7) is 13.2. The van der Waals surface area contributed by atoms with Crippen LogP contribution in [0.15, 0.2) is 72.8 Å². The van der Waals surface area contributed by atoms with Crippen molar-refractivity contribution in [3.8, 4) is 34.5 Å². The lowest BCUT2D eigenvalue weighted by atomic mass is 10.3. The average Bonchev–Trinajstić information content (AvgIpc) is 2.98. The Morgan fingerprint density at radius 3 is 0.733 bits per heavy atom. The Kier molecular flexibility index (Phi) is 12.1. The molecule has 0 fully saturated rings. The average molecular weight is 682 g/mol. The van der Waals surface area contributed by atoms with Crippen molar-refractivity contribution in [2.24, 2.45) is 0 Å². The molecule has 0 N–H and O–H groups in total. The zero-order valence-corrected chi connectivity index (χ0v) is 29.2. The molecule has 0 unspecified atom stereocenters. The molecule has 246 valence electrons. The summed E-state index contributed by atoms with van der Waals surface area (Å²) >= 11 is 0. The van der Waals surface area contributed by atoms with E-state index in [2.05, 4.69) is 0 Å². The first-order chi connectivity index (χ1) is 21.5. The highest BCUT2D eigenvalue weighted by molar-refractivity contribution is 7.58. The molecule has 6 bridgehead atoms. The molecule has 0 radical (unpaired) electrons. The summed E-state index contributed by atoms with van der Waals surface area (Å²) in [6.07, 6.45) is 0. The van der Waals surface area contributed by atoms with Crippen LogP contribution in [0.25, 0.3) is 0 Å². The van der Waals surface area contributed by atoms with Crippen LogP contribution in [0.4, 0.5) is 0 Å². The topological polar surface area (TPSA) is 134 Å². The van der Waals surface area contributed by atoms with Gasteiger partial charge in [-0.05, 0) is 77.9 Å². The molecule has 0 atom stereocenters. The van der Waals surface area contributed by atoms with Crippen LogP contribution in [-0.4, -0.2) is 53.3 Å². The minimum atomic E-state index is -4.03. The van der Waals surface area contributed by atoms with Crippen molar-refractivity contribution in [2.75, 3.05) is 39.3 Å². The highest BCUT2D eigenvalue weighted by atomic mass is 31.2. The van der Waals surface area contributed by atoms with Crippen molar-refractivity contribution in [2.45, 2.75) is 41.5 Å². The van der Waals surface area contributed by atoms with Gasteiger partial charge in [-0.25, -0.2) is 0 Å². The fraction of sp³-hybridized carbons (Fsp3) is 0.400. The second-order valence-electron chi connectivity index (χ2n) is 9.79. The third-order valence-electron chi connectivity index (χ3n) is 6.97. The summed E-state index contributed by atoms with van der Waals surface area (Å²) in [5.41, 5.74) is 0. The van der Waals surface area contributed by atoms with E-state index in [1.807, 2.05) is 41.5 Å². The lowest BCUT2D eigenvalue weighted by Gasteiger charge is -2.36. The Hall–Kier alpha value is -2.49. The smallest absolute Gasteiger partial charge is 0.411 e. The van der Waals surface area contributed by atoms with Crippen LogP contribution in [0.2, 0.25) is 0 Å². The first-order valence-corrected chi connectivity index (χ1v) is 19.6. The van der Waals surface area contributed by atoms with Gasteiger partial charge >= 0.3 is 24.3 Å². The predicted molar refractivity (Wildman–Crippen MR) is 173 cm³/mol. The largest absolute Gasteiger partial charge is 0.601 e. The molecule has 1 aliphatic heterocycles. The van der Waals surface area contributed by atoms with Gasteiger partial charge in [-0.2, -0.15) is 0 Å². The second kappa shape index (κ2) is 15.4. The van der Waals surface area contributed by atoms with Gasteiger partial charge in [0.1, 0.15) is 0 Å². The molecule has 0 saturated heterocycles. The maximum atomic E-state index is 14.4. The van der Waals surface area contributed by atoms with Crippen LogP contribution in [0.5, 0.6) is 34.5 Å². The van der Waals surface area contributed by atoms with E-state index in [1.54, 1.807) is 68.6 Å². The number of hydrogen-bond acceptors (Lipinski definition) is 12. The summed E-state index contributed by atoms with van der Waals surface area (Å²) in [5.74, 6) is 1.02. The highest BCUT2D eigenvalue weighted by Crippen LogP contribution is 2.60. The van der Waals surface area contributed by atoms with E-state index in [4.69, 9.17) is 27.1 Å². The predicted octanol–water partition coefficient (Wildman–Crippen LogP) is 5.51. The van der Waals surface area contributed by atoms with E-state index in [0.717, 1.165) is 0 Å². The molecule has 15 heteroatoms. The summed E-state index contributed by atoms with van der Waals surface area (Å²) in [5, 5.41) is 0. The van der Waals surface area contributed by atoms with Crippen molar-refractivity contribution >= 4 is 24.3 Å². The standard InChI is InChI=1S/C30H42N3O9P3/c1-7-31(8-2)43(34)37-25-16-13-18-27(22-25)39-44(35,32(9-3)10-4)41-29-20-15-21-30(24-29)42-45(36,33(11-5)12-6)40-28-19-14-17-26(23-28)38-43/h13-24H,7-12H2,1-6H3. The molecule has 0 aliphatic carbocycles. The van der Waals surface area contributed by atoms with E-state index < -0.39 is 24.3 Å². The Bertz CT molecular complexity index is 1160. The molecule has 45 heavy (non-hydrogen) atoms. The molecule has 3 aromatic carbocycles. The van der Waals surface area contributed by atoms with Gasteiger partial charge in [-0.1, -0.05) is 18.2 Å². The van der Waals surface area contributed by atoms with Gasteiger partial charge in [0.15, 0.2) is 34.5 Å². The van der Waals surface area contributed by atoms with E-state index >= 15 is 0 Å². The zero-order chi connectivity index (χ0) is 32.7. The van der Waals surface area contributed by atoms with E-state index in [1.165, 1.54) is 18.2 Å². The van der Waals surface area contributed by atoms with Gasteiger partial charge in [-0.3, -0.25) is 27.1 Å². The number of fused-ring (bicyclic) bond motifs is 6. The van der Waals surface area contributed by atoms with Gasteiger partial charge in [0.25, 0.3) is 0 Å². The summed E-state index contributed by atoms with van der Waals surface area (Å²) in [4.78, 5) is 43.2. The first kappa shape index (κ1) is 35.4. The van der Waals surface area contributed by atoms with Gasteiger partial charge in [0.2, 0.25) is 0 Å².